The summed E-state index contributed by atoms with van der Waals surface area (Å²) < 4.78 is 5.03. The van der Waals surface area contributed by atoms with Crippen LogP contribution in [0.5, 0.6) is 5.75 Å². The molecule has 6 heteroatoms. The van der Waals surface area contributed by atoms with Crippen molar-refractivity contribution < 1.29 is 24.5 Å². The average molecular weight is 263 g/mol. The first-order chi connectivity index (χ1) is 9.02. The van der Waals surface area contributed by atoms with E-state index in [0.717, 1.165) is 0 Å². The smallest absolute Gasteiger partial charge is 0.337 e. The Morgan fingerprint density at radius 2 is 2.00 bits per heavy atom. The van der Waals surface area contributed by atoms with Crippen molar-refractivity contribution in [1.29, 1.82) is 0 Å². The molecule has 100 valence electrons. The van der Waals surface area contributed by atoms with Crippen molar-refractivity contribution in [3.05, 3.63) is 28.8 Å². The zero-order valence-electron chi connectivity index (χ0n) is 10.3. The van der Waals surface area contributed by atoms with Gasteiger partial charge in [0.25, 0.3) is 5.91 Å². The highest BCUT2D eigenvalue weighted by Crippen LogP contribution is 2.26. The molecule has 1 rings (SSSR count). The second kappa shape index (κ2) is 6.42. The van der Waals surface area contributed by atoms with Gasteiger partial charge in [-0.15, -0.1) is 0 Å². The second-order valence-electron chi connectivity index (χ2n) is 3.51. The molecule has 6 nitrogen and oxygen atoms in total. The second-order valence-corrected chi connectivity index (χ2v) is 3.51. The highest BCUT2D eigenvalue weighted by Gasteiger charge is 2.19. The predicted octanol–water partition coefficient (Wildman–Crippen LogP) is 0.226. The summed E-state index contributed by atoms with van der Waals surface area (Å²) in [6, 6.07) is 2.52. The molecular formula is C13H13NO5. The summed E-state index contributed by atoms with van der Waals surface area (Å²) in [7, 11) is 1.30. The number of aliphatic hydroxyl groups excluding tert-OH is 1. The van der Waals surface area contributed by atoms with Crippen LogP contribution in [0.15, 0.2) is 12.1 Å². The number of amides is 1. The molecule has 0 spiro atoms. The molecule has 0 fully saturated rings. The SMILES string of the molecule is COc1c(C(N)=O)ccc(C(=O)O)c1C#CCCO. The Morgan fingerprint density at radius 1 is 1.37 bits per heavy atom. The molecular weight excluding hydrogens is 250 g/mol. The van der Waals surface area contributed by atoms with Crippen LogP contribution in [-0.2, 0) is 0 Å². The van der Waals surface area contributed by atoms with Crippen molar-refractivity contribution in [3.8, 4) is 17.6 Å². The molecule has 19 heavy (non-hydrogen) atoms. The maximum Gasteiger partial charge on any atom is 0.337 e. The van der Waals surface area contributed by atoms with Crippen LogP contribution in [0.1, 0.15) is 32.7 Å². The number of carboxylic acids is 1. The first-order valence-electron chi connectivity index (χ1n) is 5.36. The van der Waals surface area contributed by atoms with Gasteiger partial charge >= 0.3 is 5.97 Å². The van der Waals surface area contributed by atoms with E-state index in [1.54, 1.807) is 0 Å². The van der Waals surface area contributed by atoms with Crippen LogP contribution >= 0.6 is 0 Å². The summed E-state index contributed by atoms with van der Waals surface area (Å²) in [6.45, 7) is -0.146. The van der Waals surface area contributed by atoms with E-state index in [0.29, 0.717) is 0 Å². The minimum Gasteiger partial charge on any atom is -0.495 e. The molecule has 4 N–H and O–H groups in total. The van der Waals surface area contributed by atoms with E-state index in [-0.39, 0.29) is 35.5 Å². The molecule has 0 heterocycles. The van der Waals surface area contributed by atoms with E-state index in [1.807, 2.05) is 0 Å². The van der Waals surface area contributed by atoms with Crippen molar-refractivity contribution in [1.82, 2.24) is 0 Å². The van der Waals surface area contributed by atoms with E-state index in [1.165, 1.54) is 19.2 Å². The number of hydrogen-bond donors (Lipinski definition) is 3. The van der Waals surface area contributed by atoms with Gasteiger partial charge in [0, 0.05) is 6.42 Å². The Labute approximate surface area is 109 Å². The fraction of sp³-hybridized carbons (Fsp3) is 0.231. The van der Waals surface area contributed by atoms with Crippen LogP contribution in [-0.4, -0.2) is 35.8 Å². The van der Waals surface area contributed by atoms with Crippen LogP contribution in [0.2, 0.25) is 0 Å². The summed E-state index contributed by atoms with van der Waals surface area (Å²) in [5.74, 6) is 3.28. The van der Waals surface area contributed by atoms with Gasteiger partial charge in [-0.3, -0.25) is 4.79 Å². The molecule has 0 atom stereocenters. The largest absolute Gasteiger partial charge is 0.495 e. The lowest BCUT2D eigenvalue weighted by atomic mass is 10.0. The number of rotatable bonds is 4. The lowest BCUT2D eigenvalue weighted by Crippen LogP contribution is -2.14. The summed E-state index contributed by atoms with van der Waals surface area (Å²) in [6.07, 6.45) is 0.184. The molecule has 1 aromatic rings. The van der Waals surface area contributed by atoms with Gasteiger partial charge in [-0.05, 0) is 12.1 Å². The Morgan fingerprint density at radius 3 is 2.47 bits per heavy atom. The van der Waals surface area contributed by atoms with E-state index in [9.17, 15) is 9.59 Å². The quantitative estimate of drug-likeness (QED) is 0.673. The van der Waals surface area contributed by atoms with Gasteiger partial charge in [-0.25, -0.2) is 4.79 Å². The van der Waals surface area contributed by atoms with Crippen molar-refractivity contribution >= 4 is 11.9 Å². The van der Waals surface area contributed by atoms with Gasteiger partial charge in [0.2, 0.25) is 0 Å². The predicted molar refractivity (Wildman–Crippen MR) is 67.1 cm³/mol. The summed E-state index contributed by atoms with van der Waals surface area (Å²) in [5, 5.41) is 17.8. The van der Waals surface area contributed by atoms with Gasteiger partial charge in [0.1, 0.15) is 5.75 Å². The van der Waals surface area contributed by atoms with Crippen molar-refractivity contribution in [3.63, 3.8) is 0 Å². The maximum absolute atomic E-state index is 11.3. The molecule has 0 aromatic heterocycles. The van der Waals surface area contributed by atoms with E-state index >= 15 is 0 Å². The van der Waals surface area contributed by atoms with Gasteiger partial charge < -0.3 is 20.7 Å². The van der Waals surface area contributed by atoms with Gasteiger partial charge in [0.15, 0.2) is 0 Å². The Kier molecular flexibility index (Phi) is 4.92. The van der Waals surface area contributed by atoms with Gasteiger partial charge in [0.05, 0.1) is 30.4 Å². The molecule has 0 saturated carbocycles. The number of carboxylic acid groups (broad SMARTS) is 1. The van der Waals surface area contributed by atoms with Gasteiger partial charge in [-0.2, -0.15) is 0 Å². The first kappa shape index (κ1) is 14.5. The van der Waals surface area contributed by atoms with Crippen LogP contribution < -0.4 is 10.5 Å². The number of ether oxygens (including phenoxy) is 1. The number of hydrogen-bond acceptors (Lipinski definition) is 4. The molecule has 1 aromatic carbocycles. The Balaban J connectivity index is 3.51. The number of carbonyl (C=O) groups excluding carboxylic acids is 1. The molecule has 0 aliphatic rings. The van der Waals surface area contributed by atoms with Crippen LogP contribution in [0.3, 0.4) is 0 Å². The van der Waals surface area contributed by atoms with Crippen molar-refractivity contribution in [2.24, 2.45) is 5.73 Å². The highest BCUT2D eigenvalue weighted by atomic mass is 16.5. The molecule has 0 radical (unpaired) electrons. The molecule has 0 bridgehead atoms. The van der Waals surface area contributed by atoms with Crippen molar-refractivity contribution in [2.45, 2.75) is 6.42 Å². The molecule has 0 aliphatic carbocycles. The standard InChI is InChI=1S/C13H13NO5/c1-19-11-8(4-2-3-7-15)9(13(17)18)5-6-10(11)12(14)16/h5-6,15H,3,7H2,1H3,(H2,14,16)(H,17,18). The third kappa shape index (κ3) is 3.24. The van der Waals surface area contributed by atoms with Crippen LogP contribution in [0.4, 0.5) is 0 Å². The van der Waals surface area contributed by atoms with Gasteiger partial charge in [-0.1, -0.05) is 11.8 Å². The minimum absolute atomic E-state index is 0.0258. The van der Waals surface area contributed by atoms with E-state index in [4.69, 9.17) is 20.7 Å². The minimum atomic E-state index is -1.19. The topological polar surface area (TPSA) is 110 Å². The summed E-state index contributed by atoms with van der Waals surface area (Å²) in [5.41, 5.74) is 5.22. The number of primary amides is 1. The molecule has 0 saturated heterocycles. The third-order valence-corrected chi connectivity index (χ3v) is 2.31. The first-order valence-corrected chi connectivity index (χ1v) is 5.36. The van der Waals surface area contributed by atoms with Crippen LogP contribution in [0, 0.1) is 11.8 Å². The number of aromatic carboxylic acids is 1. The molecule has 1 amide bonds. The fourth-order valence-electron chi connectivity index (χ4n) is 1.50. The zero-order valence-corrected chi connectivity index (χ0v) is 10.3. The monoisotopic (exact) mass is 263 g/mol. The third-order valence-electron chi connectivity index (χ3n) is 2.31. The molecule has 0 unspecified atom stereocenters. The highest BCUT2D eigenvalue weighted by molar-refractivity contribution is 6.00. The number of aliphatic hydroxyl groups is 1. The van der Waals surface area contributed by atoms with Crippen LogP contribution in [0.25, 0.3) is 0 Å². The normalized spacial score (nSPS) is 9.37. The van der Waals surface area contributed by atoms with E-state index < -0.39 is 11.9 Å². The number of nitrogens with two attached hydrogens (primary N) is 1. The maximum atomic E-state index is 11.3. The lowest BCUT2D eigenvalue weighted by Gasteiger charge is -2.10. The Bertz CT molecular complexity index is 568. The average Bonchev–Trinajstić information content (AvgIpc) is 2.37. The van der Waals surface area contributed by atoms with E-state index in [2.05, 4.69) is 11.8 Å². The Hall–Kier alpha value is -2.52. The molecule has 0 aliphatic heterocycles. The number of benzene rings is 1. The van der Waals surface area contributed by atoms with Crippen molar-refractivity contribution in [2.75, 3.05) is 13.7 Å². The lowest BCUT2D eigenvalue weighted by molar-refractivity contribution is 0.0695. The number of methoxy groups -OCH3 is 1. The fourth-order valence-corrected chi connectivity index (χ4v) is 1.50. The zero-order chi connectivity index (χ0) is 14.4. The summed E-state index contributed by atoms with van der Waals surface area (Å²) >= 11 is 0. The number of carbonyl (C=O) groups is 2. The summed E-state index contributed by atoms with van der Waals surface area (Å²) in [4.78, 5) is 22.4.